The zero-order valence-corrected chi connectivity index (χ0v) is 10.6. The Morgan fingerprint density at radius 3 is 2.06 bits per heavy atom. The lowest BCUT2D eigenvalue weighted by molar-refractivity contribution is 0.437. The largest absolute Gasteiger partial charge is 0.508 e. The molecule has 0 atom stereocenters. The van der Waals surface area contributed by atoms with Gasteiger partial charge in [0.15, 0.2) is 0 Å². The van der Waals surface area contributed by atoms with Crippen LogP contribution in [0.1, 0.15) is 25.3 Å². The molecule has 0 aliphatic rings. The van der Waals surface area contributed by atoms with Gasteiger partial charge < -0.3 is 10.2 Å². The molecule has 0 aromatic heterocycles. The Kier molecular flexibility index (Phi) is 3.88. The molecule has 2 rings (SSSR count). The lowest BCUT2D eigenvalue weighted by Crippen LogP contribution is -1.88. The van der Waals surface area contributed by atoms with E-state index in [1.54, 1.807) is 12.1 Å². The minimum Gasteiger partial charge on any atom is -0.508 e. The molecule has 2 aromatic carbocycles. The van der Waals surface area contributed by atoms with Crippen molar-refractivity contribution in [1.82, 2.24) is 0 Å². The number of aromatic hydroxyl groups is 2. The number of phenolic OH excluding ortho intramolecular Hbond substituents is 2. The van der Waals surface area contributed by atoms with Gasteiger partial charge in [0.2, 0.25) is 0 Å². The first-order valence-corrected chi connectivity index (χ1v) is 6.32. The number of rotatable bonds is 4. The van der Waals surface area contributed by atoms with Crippen molar-refractivity contribution in [1.29, 1.82) is 0 Å². The number of hydrogen-bond acceptors (Lipinski definition) is 2. The second kappa shape index (κ2) is 5.58. The Morgan fingerprint density at radius 1 is 0.889 bits per heavy atom. The van der Waals surface area contributed by atoms with Crippen LogP contribution in [0, 0.1) is 0 Å². The second-order valence-corrected chi connectivity index (χ2v) is 4.46. The minimum atomic E-state index is 0.183. The maximum absolute atomic E-state index is 10.0. The average Bonchev–Trinajstić information content (AvgIpc) is 2.39. The van der Waals surface area contributed by atoms with Gasteiger partial charge in [-0.1, -0.05) is 43.7 Å². The molecule has 2 N–H and O–H groups in total. The normalized spacial score (nSPS) is 10.5. The molecule has 18 heavy (non-hydrogen) atoms. The molecular formula is C16H18O2. The molecule has 94 valence electrons. The van der Waals surface area contributed by atoms with E-state index in [2.05, 4.69) is 6.92 Å². The van der Waals surface area contributed by atoms with E-state index in [0.717, 1.165) is 24.0 Å². The average molecular weight is 242 g/mol. The molecule has 0 spiro atoms. The van der Waals surface area contributed by atoms with E-state index >= 15 is 0 Å². The molecule has 0 heterocycles. The second-order valence-electron chi connectivity index (χ2n) is 4.46. The van der Waals surface area contributed by atoms with E-state index in [9.17, 15) is 10.2 Å². The lowest BCUT2D eigenvalue weighted by Gasteiger charge is -2.10. The van der Waals surface area contributed by atoms with Crippen molar-refractivity contribution in [3.05, 3.63) is 48.0 Å². The van der Waals surface area contributed by atoms with E-state index in [1.807, 2.05) is 30.3 Å². The van der Waals surface area contributed by atoms with Crippen LogP contribution in [0.2, 0.25) is 0 Å². The number of benzene rings is 2. The van der Waals surface area contributed by atoms with E-state index in [4.69, 9.17) is 0 Å². The summed E-state index contributed by atoms with van der Waals surface area (Å²) >= 11 is 0. The van der Waals surface area contributed by atoms with Gasteiger partial charge in [-0.2, -0.15) is 0 Å². The maximum Gasteiger partial charge on any atom is 0.123 e. The summed E-state index contributed by atoms with van der Waals surface area (Å²) in [5, 5.41) is 20.0. The van der Waals surface area contributed by atoms with Crippen LogP contribution in [-0.2, 0) is 6.42 Å². The van der Waals surface area contributed by atoms with Crippen LogP contribution in [0.4, 0.5) is 0 Å². The predicted molar refractivity (Wildman–Crippen MR) is 73.8 cm³/mol. The molecule has 0 saturated heterocycles. The van der Waals surface area contributed by atoms with Gasteiger partial charge in [0.25, 0.3) is 0 Å². The number of phenols is 2. The monoisotopic (exact) mass is 242 g/mol. The van der Waals surface area contributed by atoms with Crippen molar-refractivity contribution in [2.75, 3.05) is 0 Å². The molecule has 2 heteroatoms. The fraction of sp³-hybridized carbons (Fsp3) is 0.250. The summed E-state index contributed by atoms with van der Waals surface area (Å²) in [6.45, 7) is 2.09. The molecule has 0 bridgehead atoms. The van der Waals surface area contributed by atoms with Crippen molar-refractivity contribution < 1.29 is 10.2 Å². The van der Waals surface area contributed by atoms with Gasteiger partial charge in [-0.25, -0.2) is 0 Å². The van der Waals surface area contributed by atoms with E-state index < -0.39 is 0 Å². The topological polar surface area (TPSA) is 40.5 Å². The SMILES string of the molecule is CCCCc1c(O)cc(-c2ccccc2)cc1O. The van der Waals surface area contributed by atoms with Crippen molar-refractivity contribution >= 4 is 0 Å². The third-order valence-electron chi connectivity index (χ3n) is 3.09. The summed E-state index contributed by atoms with van der Waals surface area (Å²) in [5.41, 5.74) is 2.48. The highest BCUT2D eigenvalue weighted by molar-refractivity contribution is 5.68. The highest BCUT2D eigenvalue weighted by Crippen LogP contribution is 2.34. The van der Waals surface area contributed by atoms with Gasteiger partial charge in [-0.3, -0.25) is 0 Å². The predicted octanol–water partition coefficient (Wildman–Crippen LogP) is 4.11. The van der Waals surface area contributed by atoms with Crippen LogP contribution in [0.3, 0.4) is 0 Å². The minimum absolute atomic E-state index is 0.183. The summed E-state index contributed by atoms with van der Waals surface area (Å²) in [7, 11) is 0. The number of hydrogen-bond donors (Lipinski definition) is 2. The Bertz CT molecular complexity index is 495. The Morgan fingerprint density at radius 2 is 1.50 bits per heavy atom. The van der Waals surface area contributed by atoms with Gasteiger partial charge in [-0.15, -0.1) is 0 Å². The van der Waals surface area contributed by atoms with Crippen LogP contribution < -0.4 is 0 Å². The molecule has 0 aliphatic carbocycles. The van der Waals surface area contributed by atoms with Crippen molar-refractivity contribution in [3.63, 3.8) is 0 Å². The third-order valence-corrected chi connectivity index (χ3v) is 3.09. The number of unbranched alkanes of at least 4 members (excludes halogenated alkanes) is 1. The van der Waals surface area contributed by atoms with E-state index in [1.165, 1.54) is 0 Å². The summed E-state index contributed by atoms with van der Waals surface area (Å²) in [6.07, 6.45) is 2.72. The van der Waals surface area contributed by atoms with Crippen LogP contribution in [-0.4, -0.2) is 10.2 Å². The molecule has 0 fully saturated rings. The van der Waals surface area contributed by atoms with Crippen LogP contribution in [0.25, 0.3) is 11.1 Å². The van der Waals surface area contributed by atoms with E-state index in [-0.39, 0.29) is 11.5 Å². The molecule has 2 nitrogen and oxygen atoms in total. The van der Waals surface area contributed by atoms with E-state index in [0.29, 0.717) is 12.0 Å². The smallest absolute Gasteiger partial charge is 0.123 e. The quantitative estimate of drug-likeness (QED) is 0.847. The molecular weight excluding hydrogens is 224 g/mol. The summed E-state index contributed by atoms with van der Waals surface area (Å²) in [6, 6.07) is 13.2. The zero-order chi connectivity index (χ0) is 13.0. The van der Waals surface area contributed by atoms with Gasteiger partial charge in [0, 0.05) is 5.56 Å². The van der Waals surface area contributed by atoms with Crippen LogP contribution >= 0.6 is 0 Å². The summed E-state index contributed by atoms with van der Waals surface area (Å²) in [4.78, 5) is 0. The van der Waals surface area contributed by atoms with Gasteiger partial charge >= 0.3 is 0 Å². The first-order valence-electron chi connectivity index (χ1n) is 6.32. The van der Waals surface area contributed by atoms with Gasteiger partial charge in [0.1, 0.15) is 11.5 Å². The molecule has 0 radical (unpaired) electrons. The molecule has 0 unspecified atom stereocenters. The van der Waals surface area contributed by atoms with Crippen molar-refractivity contribution in [2.24, 2.45) is 0 Å². The molecule has 0 amide bonds. The maximum atomic E-state index is 10.0. The summed E-state index contributed by atoms with van der Waals surface area (Å²) < 4.78 is 0. The first-order chi connectivity index (χ1) is 8.72. The summed E-state index contributed by atoms with van der Waals surface area (Å²) in [5.74, 6) is 0.365. The van der Waals surface area contributed by atoms with Gasteiger partial charge in [0.05, 0.1) is 0 Å². The fourth-order valence-corrected chi connectivity index (χ4v) is 2.05. The Labute approximate surface area is 108 Å². The van der Waals surface area contributed by atoms with Crippen LogP contribution in [0.5, 0.6) is 11.5 Å². The fourth-order valence-electron chi connectivity index (χ4n) is 2.05. The lowest BCUT2D eigenvalue weighted by atomic mass is 9.99. The third kappa shape index (κ3) is 2.65. The zero-order valence-electron chi connectivity index (χ0n) is 10.6. The molecule has 0 aliphatic heterocycles. The first kappa shape index (κ1) is 12.5. The van der Waals surface area contributed by atoms with Crippen molar-refractivity contribution in [2.45, 2.75) is 26.2 Å². The van der Waals surface area contributed by atoms with Crippen molar-refractivity contribution in [3.8, 4) is 22.6 Å². The molecule has 2 aromatic rings. The van der Waals surface area contributed by atoms with Gasteiger partial charge in [-0.05, 0) is 36.1 Å². The highest BCUT2D eigenvalue weighted by atomic mass is 16.3. The molecule has 0 saturated carbocycles. The Balaban J connectivity index is 2.36. The highest BCUT2D eigenvalue weighted by Gasteiger charge is 2.10. The van der Waals surface area contributed by atoms with Crippen LogP contribution in [0.15, 0.2) is 42.5 Å². The Hall–Kier alpha value is -1.96. The standard InChI is InChI=1S/C16H18O2/c1-2-3-9-14-15(17)10-13(11-16(14)18)12-7-5-4-6-8-12/h4-8,10-11,17-18H,2-3,9H2,1H3.